The fourth-order valence-electron chi connectivity index (χ4n) is 1.04. The minimum Gasteiger partial charge on any atom is -0.753 e. The second kappa shape index (κ2) is 22.6. The van der Waals surface area contributed by atoms with Crippen LogP contribution in [0.3, 0.4) is 0 Å². The van der Waals surface area contributed by atoms with Crippen molar-refractivity contribution in [1.29, 1.82) is 0 Å². The molecular weight excluding hydrogens is 380 g/mol. The Balaban J connectivity index is -0.000000253. The first kappa shape index (κ1) is 26.2. The molecule has 0 bridgehead atoms. The molecule has 0 unspecified atom stereocenters. The van der Waals surface area contributed by atoms with Gasteiger partial charge in [0.2, 0.25) is 0 Å². The van der Waals surface area contributed by atoms with E-state index >= 15 is 0 Å². The number of nitrogens with two attached hydrogens (primary N) is 2. The van der Waals surface area contributed by atoms with E-state index in [4.69, 9.17) is 22.3 Å². The molecule has 2 rings (SSSR count). The predicted molar refractivity (Wildman–Crippen MR) is 96.2 cm³/mol. The van der Waals surface area contributed by atoms with Gasteiger partial charge in [-0.15, -0.1) is 0 Å². The van der Waals surface area contributed by atoms with Gasteiger partial charge in [0.25, 0.3) is 0 Å². The zero-order valence-corrected chi connectivity index (χ0v) is 14.7. The maximum absolute atomic E-state index is 7.13. The molecule has 0 aliphatic heterocycles. The van der Waals surface area contributed by atoms with Gasteiger partial charge in [0.15, 0.2) is 0 Å². The Kier molecular flexibility index (Phi) is 25.8. The van der Waals surface area contributed by atoms with Crippen molar-refractivity contribution in [2.24, 2.45) is 11.5 Å². The van der Waals surface area contributed by atoms with Crippen molar-refractivity contribution in [1.82, 2.24) is 9.97 Å². The van der Waals surface area contributed by atoms with E-state index in [2.05, 4.69) is 34.4 Å². The van der Waals surface area contributed by atoms with E-state index in [0.717, 1.165) is 11.4 Å². The van der Waals surface area contributed by atoms with Crippen molar-refractivity contribution < 1.29 is 17.1 Å². The number of thiocarbonyl (C=S) groups is 2. The average Bonchev–Trinajstić information content (AvgIpc) is 2.58. The number of pyridine rings is 2. The van der Waals surface area contributed by atoms with E-state index in [9.17, 15) is 0 Å². The Morgan fingerprint density at radius 1 is 0.826 bits per heavy atom. The molecular formula is C14H16CuN6S2. The van der Waals surface area contributed by atoms with E-state index < -0.39 is 0 Å². The second-order valence-corrected chi connectivity index (χ2v) is 3.60. The first-order chi connectivity index (χ1) is 10.7. The molecule has 0 spiro atoms. The van der Waals surface area contributed by atoms with Gasteiger partial charge in [0.1, 0.15) is 0 Å². The molecule has 0 atom stereocenters. The van der Waals surface area contributed by atoms with Gasteiger partial charge in [-0.3, -0.25) is 9.97 Å². The van der Waals surface area contributed by atoms with Crippen LogP contribution in [0.25, 0.3) is 10.8 Å². The van der Waals surface area contributed by atoms with Crippen LogP contribution in [-0.4, -0.2) is 20.3 Å². The molecule has 0 saturated heterocycles. The summed E-state index contributed by atoms with van der Waals surface area (Å²) < 4.78 is 0. The molecule has 23 heavy (non-hydrogen) atoms. The smallest absolute Gasteiger partial charge is 0.753 e. The van der Waals surface area contributed by atoms with Crippen LogP contribution < -0.4 is 11.5 Å². The van der Waals surface area contributed by atoms with Gasteiger partial charge in [0, 0.05) is 25.5 Å². The van der Waals surface area contributed by atoms with Crippen molar-refractivity contribution in [2.45, 2.75) is 13.1 Å². The van der Waals surface area contributed by atoms with Gasteiger partial charge in [-0.2, -0.15) is 10.3 Å². The molecule has 9 heteroatoms. The molecule has 2 aromatic rings. The summed E-state index contributed by atoms with van der Waals surface area (Å²) in [5, 5.41) is 16.9. The fraction of sp³-hybridized carbons (Fsp3) is 0.143. The van der Waals surface area contributed by atoms with Crippen molar-refractivity contribution in [3.05, 3.63) is 71.0 Å². The first-order valence-electron chi connectivity index (χ1n) is 5.92. The molecule has 2 aromatic heterocycles. The van der Waals surface area contributed by atoms with Gasteiger partial charge in [0.05, 0.1) is 11.4 Å². The molecule has 4 N–H and O–H groups in total. The molecule has 125 valence electrons. The number of aromatic nitrogens is 2. The van der Waals surface area contributed by atoms with E-state index in [0.29, 0.717) is 13.1 Å². The number of isothiocyanates is 2. The molecule has 1 radical (unpaired) electrons. The van der Waals surface area contributed by atoms with E-state index in [1.54, 1.807) is 12.4 Å². The number of hydrogen-bond donors (Lipinski definition) is 2. The predicted octanol–water partition coefficient (Wildman–Crippen LogP) is 2.40. The van der Waals surface area contributed by atoms with Gasteiger partial charge in [-0.1, -0.05) is 36.6 Å². The van der Waals surface area contributed by atoms with Crippen LogP contribution >= 0.6 is 24.4 Å². The van der Waals surface area contributed by atoms with Crippen molar-refractivity contribution in [3.63, 3.8) is 0 Å². The number of nitrogens with zero attached hydrogens (tertiary/aromatic N) is 4. The van der Waals surface area contributed by atoms with Crippen LogP contribution in [0.5, 0.6) is 0 Å². The molecule has 2 heterocycles. The topological polar surface area (TPSA) is 122 Å². The summed E-state index contributed by atoms with van der Waals surface area (Å²) in [6, 6.07) is 11.4. The molecule has 0 saturated carbocycles. The van der Waals surface area contributed by atoms with Crippen LogP contribution in [0.2, 0.25) is 0 Å². The van der Waals surface area contributed by atoms with Crippen LogP contribution in [-0.2, 0) is 30.2 Å². The number of hydrogen-bond acceptors (Lipinski definition) is 6. The Labute approximate surface area is 157 Å². The van der Waals surface area contributed by atoms with Crippen LogP contribution in [0.1, 0.15) is 11.4 Å². The van der Waals surface area contributed by atoms with Crippen LogP contribution in [0.4, 0.5) is 0 Å². The van der Waals surface area contributed by atoms with E-state index in [1.807, 2.05) is 36.4 Å². The molecule has 0 aliphatic carbocycles. The third-order valence-electron chi connectivity index (χ3n) is 1.87. The third kappa shape index (κ3) is 20.3. The minimum atomic E-state index is 0. The maximum Gasteiger partial charge on any atom is 2.00 e. The largest absolute Gasteiger partial charge is 2.00 e. The molecule has 0 amide bonds. The van der Waals surface area contributed by atoms with Crippen molar-refractivity contribution >= 4 is 34.8 Å². The zero-order chi connectivity index (χ0) is 17.1. The van der Waals surface area contributed by atoms with Crippen molar-refractivity contribution in [2.75, 3.05) is 0 Å². The quantitative estimate of drug-likeness (QED) is 0.457. The van der Waals surface area contributed by atoms with E-state index in [1.165, 1.54) is 10.3 Å². The summed E-state index contributed by atoms with van der Waals surface area (Å²) >= 11 is 7.40. The summed E-state index contributed by atoms with van der Waals surface area (Å²) in [6.07, 6.45) is 3.48. The van der Waals surface area contributed by atoms with Crippen LogP contribution in [0, 0.1) is 0 Å². The summed E-state index contributed by atoms with van der Waals surface area (Å²) in [5.41, 5.74) is 12.4. The van der Waals surface area contributed by atoms with Gasteiger partial charge >= 0.3 is 17.1 Å². The molecule has 0 fully saturated rings. The normalized spacial score (nSPS) is 7.04. The Morgan fingerprint density at radius 2 is 1.13 bits per heavy atom. The van der Waals surface area contributed by atoms with E-state index in [-0.39, 0.29) is 17.1 Å². The standard InChI is InChI=1S/2C6H8N2.2CNS.Cu/c2*7-5-6-3-1-2-4-8-6;2*2-1-3;/h2*1-4H,5,7H2;;;/q;;2*-1;+2. The van der Waals surface area contributed by atoms with Gasteiger partial charge in [-0.05, 0) is 24.3 Å². The van der Waals surface area contributed by atoms with Gasteiger partial charge < -0.3 is 22.3 Å². The monoisotopic (exact) mass is 395 g/mol. The molecule has 6 nitrogen and oxygen atoms in total. The van der Waals surface area contributed by atoms with Crippen LogP contribution in [0.15, 0.2) is 48.8 Å². The summed E-state index contributed by atoms with van der Waals surface area (Å²) in [5.74, 6) is 0. The Bertz CT molecular complexity index is 490. The SMILES string of the molecule is NCc1ccccn1.NCc1ccccn1.[Cu+2].[N-]=C=S.[N-]=C=S. The zero-order valence-electron chi connectivity index (χ0n) is 12.1. The first-order valence-corrected chi connectivity index (χ1v) is 6.74. The molecule has 0 aromatic carbocycles. The summed E-state index contributed by atoms with van der Waals surface area (Å²) in [6.45, 7) is 1.06. The Hall–Kier alpha value is -1.66. The maximum atomic E-state index is 7.13. The summed E-state index contributed by atoms with van der Waals surface area (Å²) in [4.78, 5) is 7.94. The Morgan fingerprint density at radius 3 is 1.26 bits per heavy atom. The second-order valence-electron chi connectivity index (χ2n) is 3.23. The summed E-state index contributed by atoms with van der Waals surface area (Å²) in [7, 11) is 0. The third-order valence-corrected chi connectivity index (χ3v) is 1.87. The molecule has 0 aliphatic rings. The average molecular weight is 396 g/mol. The minimum absolute atomic E-state index is 0. The number of rotatable bonds is 2. The fourth-order valence-corrected chi connectivity index (χ4v) is 1.04. The van der Waals surface area contributed by atoms with Gasteiger partial charge in [-0.25, -0.2) is 0 Å². The van der Waals surface area contributed by atoms with Crippen molar-refractivity contribution in [3.8, 4) is 0 Å².